The first-order valence-corrected chi connectivity index (χ1v) is 8.72. The maximum absolute atomic E-state index is 13.5. The normalized spacial score (nSPS) is 19.2. The number of hydrogen-bond acceptors (Lipinski definition) is 5. The third-order valence-corrected chi connectivity index (χ3v) is 4.83. The van der Waals surface area contributed by atoms with Gasteiger partial charge in [-0.05, 0) is 31.4 Å². The van der Waals surface area contributed by atoms with Crippen molar-refractivity contribution in [3.63, 3.8) is 0 Å². The largest absolute Gasteiger partial charge is 0.351 e. The number of thiazole rings is 1. The van der Waals surface area contributed by atoms with Crippen molar-refractivity contribution in [1.82, 2.24) is 15.3 Å². The van der Waals surface area contributed by atoms with Crippen LogP contribution in [0.3, 0.4) is 0 Å². The van der Waals surface area contributed by atoms with Crippen LogP contribution in [0.1, 0.15) is 36.2 Å². The SMILES string of the molecule is O=C(NCCC1CCCC1(F)F)c1csc(Nc2ccccn2)n1. The van der Waals surface area contributed by atoms with Crippen LogP contribution in [-0.4, -0.2) is 28.3 Å². The van der Waals surface area contributed by atoms with Crippen LogP contribution in [0.2, 0.25) is 0 Å². The van der Waals surface area contributed by atoms with Gasteiger partial charge in [0.15, 0.2) is 5.13 Å². The molecule has 1 saturated carbocycles. The van der Waals surface area contributed by atoms with Crippen molar-refractivity contribution in [3.05, 3.63) is 35.5 Å². The number of carbonyl (C=O) groups is 1. The van der Waals surface area contributed by atoms with Gasteiger partial charge in [0.2, 0.25) is 0 Å². The van der Waals surface area contributed by atoms with Gasteiger partial charge in [-0.25, -0.2) is 18.7 Å². The lowest BCUT2D eigenvalue weighted by Gasteiger charge is -2.18. The van der Waals surface area contributed by atoms with Crippen LogP contribution in [0.25, 0.3) is 0 Å². The van der Waals surface area contributed by atoms with Crippen molar-refractivity contribution in [2.24, 2.45) is 5.92 Å². The molecule has 1 aliphatic rings. The van der Waals surface area contributed by atoms with E-state index in [1.165, 1.54) is 11.3 Å². The summed E-state index contributed by atoms with van der Waals surface area (Å²) in [6.45, 7) is 0.236. The van der Waals surface area contributed by atoms with Gasteiger partial charge in [-0.3, -0.25) is 4.79 Å². The quantitative estimate of drug-likeness (QED) is 0.829. The van der Waals surface area contributed by atoms with Gasteiger partial charge < -0.3 is 10.6 Å². The van der Waals surface area contributed by atoms with Crippen molar-refractivity contribution in [2.75, 3.05) is 11.9 Å². The highest BCUT2D eigenvalue weighted by molar-refractivity contribution is 7.14. The van der Waals surface area contributed by atoms with Gasteiger partial charge in [-0.1, -0.05) is 6.07 Å². The number of nitrogens with one attached hydrogen (secondary N) is 2. The van der Waals surface area contributed by atoms with Gasteiger partial charge in [-0.15, -0.1) is 11.3 Å². The van der Waals surface area contributed by atoms with Crippen LogP contribution in [0.15, 0.2) is 29.8 Å². The number of aromatic nitrogens is 2. The van der Waals surface area contributed by atoms with E-state index in [1.54, 1.807) is 23.7 Å². The summed E-state index contributed by atoms with van der Waals surface area (Å²) in [5.74, 6) is -2.93. The minimum atomic E-state index is -2.59. The van der Waals surface area contributed by atoms with Gasteiger partial charge in [0.1, 0.15) is 11.5 Å². The first-order chi connectivity index (χ1) is 11.5. The summed E-state index contributed by atoms with van der Waals surface area (Å²) in [6, 6.07) is 5.44. The number of amides is 1. The van der Waals surface area contributed by atoms with Crippen molar-refractivity contribution < 1.29 is 13.6 Å². The molecule has 5 nitrogen and oxygen atoms in total. The zero-order chi connectivity index (χ0) is 17.0. The summed E-state index contributed by atoms with van der Waals surface area (Å²) in [7, 11) is 0. The second-order valence-corrected chi connectivity index (χ2v) is 6.63. The third-order valence-electron chi connectivity index (χ3n) is 4.08. The first-order valence-electron chi connectivity index (χ1n) is 7.84. The van der Waals surface area contributed by atoms with Crippen LogP contribution in [-0.2, 0) is 0 Å². The van der Waals surface area contributed by atoms with E-state index >= 15 is 0 Å². The topological polar surface area (TPSA) is 66.9 Å². The van der Waals surface area contributed by atoms with E-state index in [2.05, 4.69) is 20.6 Å². The zero-order valence-corrected chi connectivity index (χ0v) is 13.8. The van der Waals surface area contributed by atoms with Crippen molar-refractivity contribution in [3.8, 4) is 0 Å². The van der Waals surface area contributed by atoms with Gasteiger partial charge in [0.05, 0.1) is 0 Å². The number of nitrogens with zero attached hydrogens (tertiary/aromatic N) is 2. The van der Waals surface area contributed by atoms with Crippen LogP contribution in [0.5, 0.6) is 0 Å². The Kier molecular flexibility index (Phi) is 5.03. The monoisotopic (exact) mass is 352 g/mol. The summed E-state index contributed by atoms with van der Waals surface area (Å²) in [5.41, 5.74) is 0.275. The van der Waals surface area contributed by atoms with Crippen LogP contribution < -0.4 is 10.6 Å². The molecule has 0 saturated heterocycles. The molecule has 1 fully saturated rings. The average molecular weight is 352 g/mol. The molecule has 2 N–H and O–H groups in total. The van der Waals surface area contributed by atoms with E-state index in [4.69, 9.17) is 0 Å². The number of halogens is 2. The zero-order valence-electron chi connectivity index (χ0n) is 13.0. The molecule has 0 aliphatic heterocycles. The van der Waals surface area contributed by atoms with Crippen molar-refractivity contribution in [2.45, 2.75) is 31.6 Å². The number of rotatable bonds is 6. The van der Waals surface area contributed by atoms with Gasteiger partial charge in [0, 0.05) is 30.5 Å². The number of alkyl halides is 2. The first kappa shape index (κ1) is 16.8. The molecule has 1 amide bonds. The molecule has 2 aromatic heterocycles. The lowest BCUT2D eigenvalue weighted by atomic mass is 10.0. The van der Waals surface area contributed by atoms with E-state index in [0.29, 0.717) is 30.2 Å². The van der Waals surface area contributed by atoms with E-state index in [0.717, 1.165) is 0 Å². The molecule has 24 heavy (non-hydrogen) atoms. The highest BCUT2D eigenvalue weighted by Gasteiger charge is 2.43. The number of hydrogen-bond donors (Lipinski definition) is 2. The Morgan fingerprint density at radius 1 is 1.42 bits per heavy atom. The predicted molar refractivity (Wildman–Crippen MR) is 88.9 cm³/mol. The Morgan fingerprint density at radius 3 is 3.00 bits per heavy atom. The Hall–Kier alpha value is -2.09. The minimum Gasteiger partial charge on any atom is -0.351 e. The molecular weight excluding hydrogens is 334 g/mol. The molecule has 128 valence electrons. The minimum absolute atomic E-state index is 0.0414. The summed E-state index contributed by atoms with van der Waals surface area (Å²) in [4.78, 5) is 20.4. The number of carbonyl (C=O) groups excluding carboxylic acids is 1. The van der Waals surface area contributed by atoms with Crippen LogP contribution >= 0.6 is 11.3 Å². The fourth-order valence-electron chi connectivity index (χ4n) is 2.79. The summed E-state index contributed by atoms with van der Waals surface area (Å²) < 4.78 is 27.1. The summed E-state index contributed by atoms with van der Waals surface area (Å²) >= 11 is 1.29. The van der Waals surface area contributed by atoms with Crippen molar-refractivity contribution >= 4 is 28.2 Å². The Morgan fingerprint density at radius 2 is 2.29 bits per heavy atom. The second-order valence-electron chi connectivity index (χ2n) is 5.77. The molecule has 1 aliphatic carbocycles. The molecule has 1 atom stereocenters. The summed E-state index contributed by atoms with van der Waals surface area (Å²) in [6.07, 6.45) is 2.99. The standard InChI is InChI=1S/C16H18F2N4OS/c17-16(18)7-3-4-11(16)6-9-20-14(23)12-10-24-15(21-12)22-13-5-1-2-8-19-13/h1-2,5,8,10-11H,3-4,6-7,9H2,(H,20,23)(H,19,21,22). The van der Waals surface area contributed by atoms with E-state index in [-0.39, 0.29) is 24.6 Å². The van der Waals surface area contributed by atoms with Gasteiger partial charge in [0.25, 0.3) is 11.8 Å². The molecule has 0 radical (unpaired) electrons. The van der Waals surface area contributed by atoms with Gasteiger partial charge >= 0.3 is 0 Å². The Labute approximate surface area is 142 Å². The lowest BCUT2D eigenvalue weighted by molar-refractivity contribution is -0.0390. The number of anilines is 2. The fraction of sp³-hybridized carbons (Fsp3) is 0.438. The second kappa shape index (κ2) is 7.21. The van der Waals surface area contributed by atoms with E-state index < -0.39 is 11.8 Å². The molecule has 3 rings (SSSR count). The highest BCUT2D eigenvalue weighted by atomic mass is 32.1. The smallest absolute Gasteiger partial charge is 0.270 e. The predicted octanol–water partition coefficient (Wildman–Crippen LogP) is 3.84. The maximum atomic E-state index is 13.5. The third kappa shape index (κ3) is 4.05. The lowest BCUT2D eigenvalue weighted by Crippen LogP contribution is -2.30. The molecular formula is C16H18F2N4OS. The van der Waals surface area contributed by atoms with E-state index in [9.17, 15) is 13.6 Å². The summed E-state index contributed by atoms with van der Waals surface area (Å²) in [5, 5.41) is 7.86. The molecule has 2 aromatic rings. The molecule has 0 aromatic carbocycles. The van der Waals surface area contributed by atoms with Crippen LogP contribution in [0.4, 0.5) is 19.7 Å². The van der Waals surface area contributed by atoms with Crippen molar-refractivity contribution in [1.29, 1.82) is 0 Å². The molecule has 8 heteroatoms. The Balaban J connectivity index is 1.49. The van der Waals surface area contributed by atoms with E-state index in [1.807, 2.05) is 6.07 Å². The average Bonchev–Trinajstić information content (AvgIpc) is 3.15. The highest BCUT2D eigenvalue weighted by Crippen LogP contribution is 2.41. The molecule has 1 unspecified atom stereocenters. The van der Waals surface area contributed by atoms with Crippen LogP contribution in [0, 0.1) is 5.92 Å². The maximum Gasteiger partial charge on any atom is 0.270 e. The molecule has 0 spiro atoms. The molecule has 2 heterocycles. The fourth-order valence-corrected chi connectivity index (χ4v) is 3.48. The van der Waals surface area contributed by atoms with Gasteiger partial charge in [-0.2, -0.15) is 0 Å². The Bertz CT molecular complexity index is 692. The molecule has 0 bridgehead atoms. The number of pyridine rings is 1.